The Bertz CT molecular complexity index is 809. The quantitative estimate of drug-likeness (QED) is 0.768. The summed E-state index contributed by atoms with van der Waals surface area (Å²) in [5.41, 5.74) is 1.96. The molecule has 0 aromatic heterocycles. The monoisotopic (exact) mass is 417 g/mol. The van der Waals surface area contributed by atoms with Crippen molar-refractivity contribution in [3.8, 4) is 0 Å². The molecule has 0 saturated heterocycles. The zero-order chi connectivity index (χ0) is 18.6. The molecule has 6 heteroatoms. The van der Waals surface area contributed by atoms with Crippen LogP contribution in [-0.2, 0) is 33.7 Å². The standard InChI is InChI=1S/C20H20BrNO4/c1-25-18(23)20(10-9-15-11-17(21)8-7-16(15)12-20)22-19(24)26-13-14-5-3-2-4-6-14/h2-8,11H,9-10,12-13H2,1H3,(H,22,24). The van der Waals surface area contributed by atoms with E-state index in [4.69, 9.17) is 9.47 Å². The number of benzene rings is 2. The molecule has 0 radical (unpaired) electrons. The molecule has 2 aromatic carbocycles. The molecule has 2 aromatic rings. The number of amides is 1. The fraction of sp³-hybridized carbons (Fsp3) is 0.300. The van der Waals surface area contributed by atoms with Gasteiger partial charge < -0.3 is 14.8 Å². The summed E-state index contributed by atoms with van der Waals surface area (Å²) in [5, 5.41) is 2.76. The molecule has 1 N–H and O–H groups in total. The van der Waals surface area contributed by atoms with Gasteiger partial charge in [-0.3, -0.25) is 0 Å². The molecule has 0 heterocycles. The summed E-state index contributed by atoms with van der Waals surface area (Å²) in [4.78, 5) is 24.8. The van der Waals surface area contributed by atoms with Crippen molar-refractivity contribution in [1.29, 1.82) is 0 Å². The van der Waals surface area contributed by atoms with Gasteiger partial charge in [0.25, 0.3) is 0 Å². The van der Waals surface area contributed by atoms with Gasteiger partial charge in [-0.1, -0.05) is 52.3 Å². The summed E-state index contributed by atoms with van der Waals surface area (Å²) in [6.07, 6.45) is 0.884. The average Bonchev–Trinajstić information content (AvgIpc) is 2.66. The van der Waals surface area contributed by atoms with E-state index in [-0.39, 0.29) is 6.61 Å². The molecule has 1 aliphatic rings. The number of carbonyl (C=O) groups excluding carboxylic acids is 2. The summed E-state index contributed by atoms with van der Waals surface area (Å²) in [7, 11) is 1.33. The summed E-state index contributed by atoms with van der Waals surface area (Å²) in [5.74, 6) is -0.456. The van der Waals surface area contributed by atoms with Crippen LogP contribution in [0.5, 0.6) is 0 Å². The van der Waals surface area contributed by atoms with Crippen LogP contribution in [0.4, 0.5) is 4.79 Å². The molecule has 0 saturated carbocycles. The van der Waals surface area contributed by atoms with Crippen molar-refractivity contribution in [3.05, 3.63) is 69.7 Å². The molecule has 0 aliphatic heterocycles. The van der Waals surface area contributed by atoms with Crippen LogP contribution in [0.3, 0.4) is 0 Å². The Hall–Kier alpha value is -2.34. The highest BCUT2D eigenvalue weighted by molar-refractivity contribution is 9.10. The molecule has 136 valence electrons. The third-order valence-corrected chi connectivity index (χ3v) is 5.11. The number of rotatable bonds is 4. The van der Waals surface area contributed by atoms with Crippen molar-refractivity contribution in [2.75, 3.05) is 7.11 Å². The Kier molecular flexibility index (Phi) is 5.61. The van der Waals surface area contributed by atoms with Gasteiger partial charge in [-0.05, 0) is 41.7 Å². The normalized spacial score (nSPS) is 18.5. The third kappa shape index (κ3) is 4.07. The Balaban J connectivity index is 1.73. The van der Waals surface area contributed by atoms with Gasteiger partial charge in [-0.15, -0.1) is 0 Å². The number of alkyl carbamates (subject to hydrolysis) is 1. The fourth-order valence-electron chi connectivity index (χ4n) is 3.24. The van der Waals surface area contributed by atoms with E-state index in [0.29, 0.717) is 19.3 Å². The number of carbonyl (C=O) groups is 2. The Labute approximate surface area is 160 Å². The van der Waals surface area contributed by atoms with Gasteiger partial charge in [0.15, 0.2) is 0 Å². The van der Waals surface area contributed by atoms with Crippen molar-refractivity contribution in [2.24, 2.45) is 0 Å². The van der Waals surface area contributed by atoms with Gasteiger partial charge >= 0.3 is 12.1 Å². The van der Waals surface area contributed by atoms with Crippen LogP contribution in [0.2, 0.25) is 0 Å². The largest absolute Gasteiger partial charge is 0.467 e. The molecule has 5 nitrogen and oxygen atoms in total. The number of halogens is 1. The summed E-state index contributed by atoms with van der Waals surface area (Å²) < 4.78 is 11.3. The highest BCUT2D eigenvalue weighted by Crippen LogP contribution is 2.31. The van der Waals surface area contributed by atoms with Crippen molar-refractivity contribution < 1.29 is 19.1 Å². The van der Waals surface area contributed by atoms with E-state index in [2.05, 4.69) is 21.2 Å². The average molecular weight is 418 g/mol. The van der Waals surface area contributed by atoms with Gasteiger partial charge in [0.1, 0.15) is 12.1 Å². The number of esters is 1. The van der Waals surface area contributed by atoms with Crippen LogP contribution < -0.4 is 5.32 Å². The maximum atomic E-state index is 12.5. The number of hydrogen-bond donors (Lipinski definition) is 1. The second-order valence-electron chi connectivity index (χ2n) is 6.35. The Morgan fingerprint density at radius 1 is 1.15 bits per heavy atom. The topological polar surface area (TPSA) is 64.6 Å². The van der Waals surface area contributed by atoms with E-state index in [1.165, 1.54) is 12.7 Å². The molecule has 1 aliphatic carbocycles. The van der Waals surface area contributed by atoms with Crippen LogP contribution in [0.25, 0.3) is 0 Å². The van der Waals surface area contributed by atoms with Crippen molar-refractivity contribution >= 4 is 28.0 Å². The number of nitrogens with one attached hydrogen (secondary N) is 1. The minimum absolute atomic E-state index is 0.146. The molecule has 0 fully saturated rings. The number of fused-ring (bicyclic) bond motifs is 1. The zero-order valence-corrected chi connectivity index (χ0v) is 16.0. The van der Waals surface area contributed by atoms with Gasteiger partial charge in [-0.25, -0.2) is 9.59 Å². The molecule has 1 amide bonds. The molecule has 1 atom stereocenters. The summed E-state index contributed by atoms with van der Waals surface area (Å²) in [6.45, 7) is 0.146. The minimum Gasteiger partial charge on any atom is -0.467 e. The van der Waals surface area contributed by atoms with Crippen LogP contribution in [0, 0.1) is 0 Å². The number of hydrogen-bond acceptors (Lipinski definition) is 4. The maximum Gasteiger partial charge on any atom is 0.408 e. The van der Waals surface area contributed by atoms with Crippen LogP contribution in [-0.4, -0.2) is 24.7 Å². The second kappa shape index (κ2) is 7.91. The second-order valence-corrected chi connectivity index (χ2v) is 7.27. The first-order chi connectivity index (χ1) is 12.5. The number of ether oxygens (including phenoxy) is 2. The van der Waals surface area contributed by atoms with Crippen LogP contribution in [0.15, 0.2) is 53.0 Å². The highest BCUT2D eigenvalue weighted by Gasteiger charge is 2.44. The Morgan fingerprint density at radius 2 is 1.92 bits per heavy atom. The van der Waals surface area contributed by atoms with E-state index in [1.807, 2.05) is 48.5 Å². The molecule has 3 rings (SSSR count). The van der Waals surface area contributed by atoms with Gasteiger partial charge in [0.05, 0.1) is 7.11 Å². The van der Waals surface area contributed by atoms with E-state index in [1.54, 1.807) is 0 Å². The third-order valence-electron chi connectivity index (χ3n) is 4.61. The lowest BCUT2D eigenvalue weighted by Gasteiger charge is -2.36. The van der Waals surface area contributed by atoms with E-state index in [0.717, 1.165) is 15.6 Å². The van der Waals surface area contributed by atoms with Gasteiger partial charge in [-0.2, -0.15) is 0 Å². The van der Waals surface area contributed by atoms with E-state index in [9.17, 15) is 9.59 Å². The SMILES string of the molecule is COC(=O)C1(NC(=O)OCc2ccccc2)CCc2cc(Br)ccc2C1. The molecule has 0 bridgehead atoms. The van der Waals surface area contributed by atoms with Crippen LogP contribution in [0.1, 0.15) is 23.1 Å². The molecular weight excluding hydrogens is 398 g/mol. The van der Waals surface area contributed by atoms with Crippen molar-refractivity contribution in [1.82, 2.24) is 5.32 Å². The number of aryl methyl sites for hydroxylation is 1. The molecular formula is C20H20BrNO4. The molecule has 26 heavy (non-hydrogen) atoms. The zero-order valence-electron chi connectivity index (χ0n) is 14.5. The first-order valence-corrected chi connectivity index (χ1v) is 9.16. The molecule has 1 unspecified atom stereocenters. The lowest BCUT2D eigenvalue weighted by Crippen LogP contribution is -2.58. The lowest BCUT2D eigenvalue weighted by atomic mass is 9.78. The maximum absolute atomic E-state index is 12.5. The first kappa shape index (κ1) is 18.5. The summed E-state index contributed by atoms with van der Waals surface area (Å²) in [6, 6.07) is 15.3. The summed E-state index contributed by atoms with van der Waals surface area (Å²) >= 11 is 3.46. The number of methoxy groups -OCH3 is 1. The van der Waals surface area contributed by atoms with E-state index < -0.39 is 17.6 Å². The minimum atomic E-state index is -1.11. The molecule has 0 spiro atoms. The Morgan fingerprint density at radius 3 is 2.65 bits per heavy atom. The lowest BCUT2D eigenvalue weighted by molar-refractivity contribution is -0.149. The highest BCUT2D eigenvalue weighted by atomic mass is 79.9. The van der Waals surface area contributed by atoms with Gasteiger partial charge in [0.2, 0.25) is 0 Å². The van der Waals surface area contributed by atoms with Crippen molar-refractivity contribution in [3.63, 3.8) is 0 Å². The van der Waals surface area contributed by atoms with E-state index >= 15 is 0 Å². The van der Waals surface area contributed by atoms with Gasteiger partial charge in [0, 0.05) is 10.9 Å². The smallest absolute Gasteiger partial charge is 0.408 e. The first-order valence-electron chi connectivity index (χ1n) is 8.37. The predicted molar refractivity (Wildman–Crippen MR) is 101 cm³/mol. The predicted octanol–water partition coefficient (Wildman–Crippen LogP) is 3.78. The fourth-order valence-corrected chi connectivity index (χ4v) is 3.65. The van der Waals surface area contributed by atoms with Crippen LogP contribution >= 0.6 is 15.9 Å². The van der Waals surface area contributed by atoms with Crippen molar-refractivity contribution in [2.45, 2.75) is 31.4 Å².